The molecule has 1 aromatic heterocycles. The monoisotopic (exact) mass is 194 g/mol. The van der Waals surface area contributed by atoms with Crippen molar-refractivity contribution in [2.24, 2.45) is 0 Å². The molecule has 0 aliphatic carbocycles. The number of nitrogens with zero attached hydrogens (tertiary/aromatic N) is 2. The minimum atomic E-state index is 0.873. The Labute approximate surface area is 88.0 Å². The molecule has 0 saturated carbocycles. The van der Waals surface area contributed by atoms with Crippen molar-refractivity contribution in [2.45, 2.75) is 34.6 Å². The molecule has 14 heavy (non-hydrogen) atoms. The van der Waals surface area contributed by atoms with Gasteiger partial charge in [-0.1, -0.05) is 40.3 Å². The summed E-state index contributed by atoms with van der Waals surface area (Å²) in [7, 11) is 0. The topological polar surface area (TPSA) is 17.8 Å². The summed E-state index contributed by atoms with van der Waals surface area (Å²) in [5.74, 6) is 0.873. The van der Waals surface area contributed by atoms with Crippen molar-refractivity contribution < 1.29 is 0 Å². The van der Waals surface area contributed by atoms with Crippen LogP contribution in [0.4, 0.5) is 0 Å². The first-order valence-corrected chi connectivity index (χ1v) is 5.16. The summed E-state index contributed by atoms with van der Waals surface area (Å²) in [6, 6.07) is 0. The summed E-state index contributed by atoms with van der Waals surface area (Å²) in [5.41, 5.74) is 0. The average molecular weight is 194 g/mol. The molecule has 0 bridgehead atoms. The molecule has 2 nitrogen and oxygen atoms in total. The SMILES string of the molecule is C=Cc1nccn1/C=C\C.CC.CC. The van der Waals surface area contributed by atoms with Gasteiger partial charge < -0.3 is 4.57 Å². The molecule has 0 amide bonds. The smallest absolute Gasteiger partial charge is 0.136 e. The van der Waals surface area contributed by atoms with Crippen LogP contribution in [0.1, 0.15) is 40.4 Å². The summed E-state index contributed by atoms with van der Waals surface area (Å²) in [6.45, 7) is 13.6. The Morgan fingerprint density at radius 1 is 1.29 bits per heavy atom. The number of allylic oxidation sites excluding steroid dienone is 1. The van der Waals surface area contributed by atoms with E-state index in [1.165, 1.54) is 0 Å². The quantitative estimate of drug-likeness (QED) is 0.694. The molecule has 0 spiro atoms. The Bertz CT molecular complexity index is 247. The molecule has 0 aliphatic rings. The highest BCUT2D eigenvalue weighted by molar-refractivity contribution is 5.42. The highest BCUT2D eigenvalue weighted by Crippen LogP contribution is 1.98. The first kappa shape index (κ1) is 15.2. The van der Waals surface area contributed by atoms with E-state index in [1.807, 2.05) is 57.7 Å². The van der Waals surface area contributed by atoms with E-state index in [4.69, 9.17) is 0 Å². The fourth-order valence-electron chi connectivity index (χ4n) is 0.769. The number of hydrogen-bond acceptors (Lipinski definition) is 1. The van der Waals surface area contributed by atoms with E-state index in [1.54, 1.807) is 12.3 Å². The van der Waals surface area contributed by atoms with Crippen molar-refractivity contribution in [1.82, 2.24) is 9.55 Å². The highest BCUT2D eigenvalue weighted by Gasteiger charge is 1.90. The maximum absolute atomic E-state index is 4.05. The lowest BCUT2D eigenvalue weighted by Gasteiger charge is -1.93. The van der Waals surface area contributed by atoms with Crippen LogP contribution in [0.25, 0.3) is 12.3 Å². The third-order valence-corrected chi connectivity index (χ3v) is 1.19. The van der Waals surface area contributed by atoms with Crippen LogP contribution < -0.4 is 0 Å². The number of rotatable bonds is 2. The predicted octanol–water partition coefficient (Wildman–Crippen LogP) is 4.07. The number of imidazole rings is 1. The zero-order valence-corrected chi connectivity index (χ0v) is 9.99. The maximum atomic E-state index is 4.05. The first-order valence-electron chi connectivity index (χ1n) is 5.16. The van der Waals surface area contributed by atoms with Crippen molar-refractivity contribution in [3.8, 4) is 0 Å². The molecule has 0 aliphatic heterocycles. The highest BCUT2D eigenvalue weighted by atomic mass is 15.0. The molecule has 0 radical (unpaired) electrons. The molecule has 0 N–H and O–H groups in total. The van der Waals surface area contributed by atoms with Gasteiger partial charge in [0.15, 0.2) is 0 Å². The zero-order chi connectivity index (χ0) is 11.4. The molecule has 0 unspecified atom stereocenters. The van der Waals surface area contributed by atoms with Crippen LogP contribution in [-0.4, -0.2) is 9.55 Å². The van der Waals surface area contributed by atoms with Gasteiger partial charge in [-0.05, 0) is 13.0 Å². The molecule has 0 aromatic carbocycles. The van der Waals surface area contributed by atoms with Gasteiger partial charge in [0.1, 0.15) is 5.82 Å². The number of hydrogen-bond donors (Lipinski definition) is 0. The van der Waals surface area contributed by atoms with Gasteiger partial charge in [-0.15, -0.1) is 0 Å². The molecule has 1 heterocycles. The van der Waals surface area contributed by atoms with E-state index in [0.717, 1.165) is 5.82 Å². The van der Waals surface area contributed by atoms with Gasteiger partial charge in [0.25, 0.3) is 0 Å². The molecular formula is C12H22N2. The Kier molecular flexibility index (Phi) is 12.7. The molecule has 1 rings (SSSR count). The van der Waals surface area contributed by atoms with Gasteiger partial charge in [0, 0.05) is 18.6 Å². The fourth-order valence-corrected chi connectivity index (χ4v) is 0.769. The fraction of sp³-hybridized carbons (Fsp3) is 0.417. The second-order valence-electron chi connectivity index (χ2n) is 1.88. The normalized spacial score (nSPS) is 8.36. The second kappa shape index (κ2) is 11.7. The summed E-state index contributed by atoms with van der Waals surface area (Å²) in [4.78, 5) is 4.05. The lowest BCUT2D eigenvalue weighted by Crippen LogP contribution is -1.86. The molecule has 0 atom stereocenters. The van der Waals surface area contributed by atoms with E-state index in [0.29, 0.717) is 0 Å². The van der Waals surface area contributed by atoms with Crippen LogP contribution in [0.15, 0.2) is 25.0 Å². The van der Waals surface area contributed by atoms with Crippen molar-refractivity contribution in [2.75, 3.05) is 0 Å². The van der Waals surface area contributed by atoms with E-state index in [9.17, 15) is 0 Å². The zero-order valence-electron chi connectivity index (χ0n) is 9.99. The van der Waals surface area contributed by atoms with Crippen LogP contribution >= 0.6 is 0 Å². The Morgan fingerprint density at radius 2 is 1.86 bits per heavy atom. The van der Waals surface area contributed by atoms with Crippen molar-refractivity contribution >= 4 is 12.3 Å². The minimum Gasteiger partial charge on any atom is -0.307 e. The standard InChI is InChI=1S/C8H10N2.2C2H6/c1-3-6-10-7-5-9-8(10)4-2;2*1-2/h3-7H,2H2,1H3;2*1-2H3/b6-3-;;. The molecule has 80 valence electrons. The molecular weight excluding hydrogens is 172 g/mol. The Hall–Kier alpha value is -1.31. The first-order chi connectivity index (χ1) is 6.88. The minimum absolute atomic E-state index is 0.873. The van der Waals surface area contributed by atoms with Gasteiger partial charge >= 0.3 is 0 Å². The third kappa shape index (κ3) is 5.36. The van der Waals surface area contributed by atoms with Crippen molar-refractivity contribution in [3.05, 3.63) is 30.9 Å². The average Bonchev–Trinajstić information content (AvgIpc) is 2.72. The number of aromatic nitrogens is 2. The van der Waals surface area contributed by atoms with Crippen LogP contribution in [0.5, 0.6) is 0 Å². The lowest BCUT2D eigenvalue weighted by atomic mass is 10.6. The summed E-state index contributed by atoms with van der Waals surface area (Å²) in [5, 5.41) is 0. The van der Waals surface area contributed by atoms with E-state index in [2.05, 4.69) is 11.6 Å². The Balaban J connectivity index is 0. The summed E-state index contributed by atoms with van der Waals surface area (Å²) < 4.78 is 1.91. The van der Waals surface area contributed by atoms with E-state index >= 15 is 0 Å². The van der Waals surface area contributed by atoms with Gasteiger partial charge in [0.2, 0.25) is 0 Å². The third-order valence-electron chi connectivity index (χ3n) is 1.19. The Morgan fingerprint density at radius 3 is 2.29 bits per heavy atom. The predicted molar refractivity (Wildman–Crippen MR) is 66.0 cm³/mol. The van der Waals surface area contributed by atoms with Gasteiger partial charge in [0.05, 0.1) is 0 Å². The van der Waals surface area contributed by atoms with E-state index < -0.39 is 0 Å². The molecule has 0 saturated heterocycles. The van der Waals surface area contributed by atoms with Gasteiger partial charge in [-0.2, -0.15) is 0 Å². The molecule has 1 aromatic rings. The van der Waals surface area contributed by atoms with Crippen LogP contribution in [-0.2, 0) is 0 Å². The van der Waals surface area contributed by atoms with E-state index in [-0.39, 0.29) is 0 Å². The molecule has 0 fully saturated rings. The van der Waals surface area contributed by atoms with Crippen molar-refractivity contribution in [3.63, 3.8) is 0 Å². The lowest BCUT2D eigenvalue weighted by molar-refractivity contribution is 1.10. The van der Waals surface area contributed by atoms with Crippen LogP contribution in [0, 0.1) is 0 Å². The van der Waals surface area contributed by atoms with Crippen LogP contribution in [0.3, 0.4) is 0 Å². The van der Waals surface area contributed by atoms with Crippen LogP contribution in [0.2, 0.25) is 0 Å². The summed E-state index contributed by atoms with van der Waals surface area (Å²) in [6.07, 6.45) is 9.24. The summed E-state index contributed by atoms with van der Waals surface area (Å²) >= 11 is 0. The van der Waals surface area contributed by atoms with Gasteiger partial charge in [-0.25, -0.2) is 4.98 Å². The van der Waals surface area contributed by atoms with Crippen molar-refractivity contribution in [1.29, 1.82) is 0 Å². The second-order valence-corrected chi connectivity index (χ2v) is 1.88. The molecule has 2 heteroatoms. The maximum Gasteiger partial charge on any atom is 0.136 e. The largest absolute Gasteiger partial charge is 0.307 e. The van der Waals surface area contributed by atoms with Gasteiger partial charge in [-0.3, -0.25) is 0 Å².